The van der Waals surface area contributed by atoms with Gasteiger partial charge in [-0.05, 0) is 38.1 Å². The number of anilines is 1. The first-order valence-electron chi connectivity index (χ1n) is 7.03. The van der Waals surface area contributed by atoms with E-state index >= 15 is 0 Å². The molecule has 2 rings (SSSR count). The summed E-state index contributed by atoms with van der Waals surface area (Å²) in [6.45, 7) is 4.75. The van der Waals surface area contributed by atoms with Crippen LogP contribution in [-0.4, -0.2) is 30.1 Å². The maximum Gasteiger partial charge on any atom is 0.200 e. The highest BCUT2D eigenvalue weighted by atomic mass is 16.5. The van der Waals surface area contributed by atoms with Gasteiger partial charge in [0.05, 0.1) is 19.0 Å². The average Bonchev–Trinajstić information content (AvgIpc) is 2.52. The number of aromatic hydroxyl groups is 2. The zero-order valence-electron chi connectivity index (χ0n) is 12.9. The van der Waals surface area contributed by atoms with Crippen LogP contribution in [0.5, 0.6) is 17.2 Å². The Balaban J connectivity index is 2.25. The van der Waals surface area contributed by atoms with Crippen molar-refractivity contribution in [3.8, 4) is 17.2 Å². The molecule has 0 saturated carbocycles. The molecule has 2 N–H and O–H groups in total. The van der Waals surface area contributed by atoms with E-state index in [4.69, 9.17) is 4.74 Å². The molecule has 5 nitrogen and oxygen atoms in total. The van der Waals surface area contributed by atoms with E-state index in [9.17, 15) is 10.2 Å². The normalized spacial score (nSPS) is 10.9. The lowest BCUT2D eigenvalue weighted by atomic mass is 10.2. The number of hydrogen-bond donors (Lipinski definition) is 2. The van der Waals surface area contributed by atoms with Crippen LogP contribution >= 0.6 is 0 Å². The molecule has 2 aromatic rings. The number of benzene rings is 2. The number of phenols is 2. The van der Waals surface area contributed by atoms with Gasteiger partial charge in [0.25, 0.3) is 0 Å². The van der Waals surface area contributed by atoms with Crippen molar-refractivity contribution in [1.29, 1.82) is 0 Å². The second-order valence-corrected chi connectivity index (χ2v) is 4.89. The van der Waals surface area contributed by atoms with Gasteiger partial charge in [-0.15, -0.1) is 0 Å². The van der Waals surface area contributed by atoms with Crippen LogP contribution in [0.2, 0.25) is 0 Å². The Kier molecular flexibility index (Phi) is 4.88. The topological polar surface area (TPSA) is 65.3 Å². The van der Waals surface area contributed by atoms with Crippen molar-refractivity contribution in [2.75, 3.05) is 18.7 Å². The molecule has 5 heteroatoms. The molecule has 0 aliphatic carbocycles. The highest BCUT2D eigenvalue weighted by molar-refractivity contribution is 5.83. The third-order valence-electron chi connectivity index (χ3n) is 3.27. The Morgan fingerprint density at radius 3 is 2.45 bits per heavy atom. The molecule has 22 heavy (non-hydrogen) atoms. The molecule has 0 aliphatic heterocycles. The Hall–Kier alpha value is -2.69. The molecule has 0 aromatic heterocycles. The first-order valence-corrected chi connectivity index (χ1v) is 7.03. The van der Waals surface area contributed by atoms with Crippen molar-refractivity contribution in [1.82, 2.24) is 0 Å². The van der Waals surface area contributed by atoms with Crippen LogP contribution in [-0.2, 0) is 0 Å². The molecule has 0 unspecified atom stereocenters. The number of rotatable bonds is 5. The Bertz CT molecular complexity index is 666. The van der Waals surface area contributed by atoms with E-state index in [1.165, 1.54) is 18.7 Å². The summed E-state index contributed by atoms with van der Waals surface area (Å²) < 4.78 is 5.01. The molecule has 0 aliphatic rings. The monoisotopic (exact) mass is 300 g/mol. The number of phenolic OH excluding ortho intramolecular Hbond substituents is 2. The number of hydrazone groups is 1. The molecule has 0 spiro atoms. The molecule has 0 fully saturated rings. The highest BCUT2D eigenvalue weighted by Gasteiger charge is 2.09. The van der Waals surface area contributed by atoms with Crippen LogP contribution in [0.1, 0.15) is 18.1 Å². The summed E-state index contributed by atoms with van der Waals surface area (Å²) >= 11 is 0. The Labute approximate surface area is 130 Å². The van der Waals surface area contributed by atoms with Crippen LogP contribution < -0.4 is 9.75 Å². The van der Waals surface area contributed by atoms with Gasteiger partial charge in [0, 0.05) is 12.1 Å². The van der Waals surface area contributed by atoms with Gasteiger partial charge in [-0.1, -0.05) is 17.7 Å². The number of methoxy groups -OCH3 is 1. The van der Waals surface area contributed by atoms with Crippen molar-refractivity contribution in [3.05, 3.63) is 47.5 Å². The van der Waals surface area contributed by atoms with Gasteiger partial charge in [-0.25, -0.2) is 0 Å². The lowest BCUT2D eigenvalue weighted by Crippen LogP contribution is -2.15. The molecule has 0 radical (unpaired) electrons. The highest BCUT2D eigenvalue weighted by Crippen LogP contribution is 2.35. The summed E-state index contributed by atoms with van der Waals surface area (Å²) in [5.41, 5.74) is 2.81. The van der Waals surface area contributed by atoms with E-state index in [2.05, 4.69) is 5.10 Å². The predicted octanol–water partition coefficient (Wildman–Crippen LogP) is 3.28. The second-order valence-electron chi connectivity index (χ2n) is 4.89. The Morgan fingerprint density at radius 1 is 1.18 bits per heavy atom. The molecule has 0 bridgehead atoms. The van der Waals surface area contributed by atoms with E-state index in [1.54, 1.807) is 12.3 Å². The number of aryl methyl sites for hydroxylation is 1. The molecule has 0 saturated heterocycles. The standard InChI is InChI=1S/C17H20N2O3/c1-4-19(14-7-5-12(2)6-8-14)18-11-13-9-15(20)17(21)16(10-13)22-3/h5-11,20-21H,4H2,1-3H3/b18-11+. The minimum absolute atomic E-state index is 0.208. The van der Waals surface area contributed by atoms with E-state index in [0.29, 0.717) is 12.1 Å². The van der Waals surface area contributed by atoms with E-state index < -0.39 is 0 Å². The average molecular weight is 300 g/mol. The second kappa shape index (κ2) is 6.85. The zero-order chi connectivity index (χ0) is 16.1. The predicted molar refractivity (Wildman–Crippen MR) is 88.1 cm³/mol. The van der Waals surface area contributed by atoms with Gasteiger partial charge in [-0.3, -0.25) is 5.01 Å². The van der Waals surface area contributed by atoms with Crippen LogP contribution in [0.25, 0.3) is 0 Å². The fraction of sp³-hybridized carbons (Fsp3) is 0.235. The third-order valence-corrected chi connectivity index (χ3v) is 3.27. The van der Waals surface area contributed by atoms with Crippen molar-refractivity contribution in [3.63, 3.8) is 0 Å². The summed E-state index contributed by atoms with van der Waals surface area (Å²) in [4.78, 5) is 0. The Morgan fingerprint density at radius 2 is 1.86 bits per heavy atom. The van der Waals surface area contributed by atoms with E-state index in [-0.39, 0.29) is 17.2 Å². The zero-order valence-corrected chi connectivity index (χ0v) is 12.9. The van der Waals surface area contributed by atoms with E-state index in [0.717, 1.165) is 5.69 Å². The number of nitrogens with zero attached hydrogens (tertiary/aromatic N) is 2. The minimum atomic E-state index is -0.273. The maximum absolute atomic E-state index is 9.68. The first-order chi connectivity index (χ1) is 10.5. The number of hydrogen-bond acceptors (Lipinski definition) is 5. The summed E-state index contributed by atoms with van der Waals surface area (Å²) in [7, 11) is 1.43. The first kappa shape index (κ1) is 15.7. The summed E-state index contributed by atoms with van der Waals surface area (Å²) in [5.74, 6) is -0.301. The maximum atomic E-state index is 9.68. The van der Waals surface area contributed by atoms with Gasteiger partial charge in [0.2, 0.25) is 5.75 Å². The SMILES string of the molecule is CCN(/N=C/c1cc(O)c(O)c(OC)c1)c1ccc(C)cc1. The summed E-state index contributed by atoms with van der Waals surface area (Å²) in [6.07, 6.45) is 1.62. The number of ether oxygens (including phenoxy) is 1. The molecule has 116 valence electrons. The van der Waals surface area contributed by atoms with Gasteiger partial charge < -0.3 is 14.9 Å². The van der Waals surface area contributed by atoms with E-state index in [1.807, 2.05) is 43.1 Å². The van der Waals surface area contributed by atoms with Gasteiger partial charge in [0.15, 0.2) is 11.5 Å². The van der Waals surface area contributed by atoms with Gasteiger partial charge in [0.1, 0.15) is 0 Å². The fourth-order valence-electron chi connectivity index (χ4n) is 2.03. The lowest BCUT2D eigenvalue weighted by molar-refractivity contribution is 0.351. The lowest BCUT2D eigenvalue weighted by Gasteiger charge is -2.17. The minimum Gasteiger partial charge on any atom is -0.504 e. The van der Waals surface area contributed by atoms with Gasteiger partial charge >= 0.3 is 0 Å². The quantitative estimate of drug-likeness (QED) is 0.505. The van der Waals surface area contributed by atoms with Crippen LogP contribution in [0.15, 0.2) is 41.5 Å². The van der Waals surface area contributed by atoms with Crippen LogP contribution in [0.4, 0.5) is 5.69 Å². The molecule has 0 amide bonds. The fourth-order valence-corrected chi connectivity index (χ4v) is 2.03. The third kappa shape index (κ3) is 3.49. The molecule has 0 atom stereocenters. The van der Waals surface area contributed by atoms with Gasteiger partial charge in [-0.2, -0.15) is 5.10 Å². The largest absolute Gasteiger partial charge is 0.504 e. The van der Waals surface area contributed by atoms with Crippen LogP contribution in [0, 0.1) is 6.92 Å². The summed E-state index contributed by atoms with van der Waals surface area (Å²) in [5, 5.41) is 25.6. The van der Waals surface area contributed by atoms with Crippen molar-refractivity contribution in [2.45, 2.75) is 13.8 Å². The van der Waals surface area contributed by atoms with Crippen molar-refractivity contribution in [2.24, 2.45) is 5.10 Å². The van der Waals surface area contributed by atoms with Crippen molar-refractivity contribution >= 4 is 11.9 Å². The molecule has 2 aromatic carbocycles. The van der Waals surface area contributed by atoms with Crippen molar-refractivity contribution < 1.29 is 14.9 Å². The molecular formula is C17H20N2O3. The molecular weight excluding hydrogens is 280 g/mol. The molecule has 0 heterocycles. The van der Waals surface area contributed by atoms with Crippen LogP contribution in [0.3, 0.4) is 0 Å². The summed E-state index contributed by atoms with van der Waals surface area (Å²) in [6, 6.07) is 11.1. The smallest absolute Gasteiger partial charge is 0.200 e.